The summed E-state index contributed by atoms with van der Waals surface area (Å²) in [5.41, 5.74) is 2.98. The number of fused-ring (bicyclic) bond motifs is 5. The molecular weight excluding hydrogens is 436 g/mol. The van der Waals surface area contributed by atoms with Crippen LogP contribution in [-0.2, 0) is 17.7 Å². The number of hydrogen-bond donors (Lipinski definition) is 1. The third-order valence-corrected chi connectivity index (χ3v) is 5.81. The number of benzene rings is 2. The number of alkyl carbamates (subject to hydrolysis) is 1. The van der Waals surface area contributed by atoms with Crippen molar-refractivity contribution < 1.29 is 33.0 Å². The number of methoxy groups -OCH3 is 1. The Morgan fingerprint density at radius 1 is 1.15 bits per heavy atom. The lowest BCUT2D eigenvalue weighted by Gasteiger charge is -2.20. The van der Waals surface area contributed by atoms with Crippen LogP contribution < -0.4 is 28.8 Å². The van der Waals surface area contributed by atoms with Crippen LogP contribution in [0.4, 0.5) is 4.79 Å². The molecule has 2 aliphatic rings. The zero-order valence-electron chi connectivity index (χ0n) is 19.9. The van der Waals surface area contributed by atoms with Crippen LogP contribution in [0, 0.1) is 0 Å². The van der Waals surface area contributed by atoms with Gasteiger partial charge in [0.1, 0.15) is 12.2 Å². The summed E-state index contributed by atoms with van der Waals surface area (Å²) in [5, 5.41) is 4.71. The van der Waals surface area contributed by atoms with Gasteiger partial charge in [-0.25, -0.2) is 4.79 Å². The Bertz CT molecular complexity index is 1260. The first-order valence-corrected chi connectivity index (χ1v) is 11.4. The third kappa shape index (κ3) is 4.27. The topological polar surface area (TPSA) is 79.1 Å². The smallest absolute Gasteiger partial charge is 0.407 e. The molecule has 2 aromatic carbocycles. The first-order chi connectivity index (χ1) is 16.3. The van der Waals surface area contributed by atoms with Crippen molar-refractivity contribution in [2.75, 3.05) is 27.1 Å². The molecule has 1 aromatic heterocycles. The van der Waals surface area contributed by atoms with E-state index in [1.807, 2.05) is 32.9 Å². The molecule has 8 nitrogen and oxygen atoms in total. The second kappa shape index (κ2) is 8.59. The van der Waals surface area contributed by atoms with Crippen LogP contribution in [0.25, 0.3) is 22.0 Å². The van der Waals surface area contributed by atoms with Crippen molar-refractivity contribution in [3.63, 3.8) is 0 Å². The van der Waals surface area contributed by atoms with E-state index >= 15 is 0 Å². The fourth-order valence-electron chi connectivity index (χ4n) is 4.33. The quantitative estimate of drug-likeness (QED) is 0.454. The standard InChI is InChI=1S/C26H28N2O6/c1-26(2,3)34-25(29)27-8-10-31-24-19-14-28-9-7-17-12-22-23(33-15-32-22)13-18(17)20(28)11-16(19)5-6-21(24)30-4/h5-6,11-14H,7-10,15H2,1-4H3/p+1. The molecule has 34 heavy (non-hydrogen) atoms. The van der Waals surface area contributed by atoms with Crippen LogP contribution in [-0.4, -0.2) is 38.7 Å². The normalized spacial score (nSPS) is 13.8. The number of nitrogens with zero attached hydrogens (tertiary/aromatic N) is 1. The molecule has 0 bridgehead atoms. The van der Waals surface area contributed by atoms with Crippen molar-refractivity contribution in [2.45, 2.75) is 39.3 Å². The van der Waals surface area contributed by atoms with Gasteiger partial charge < -0.3 is 29.0 Å². The summed E-state index contributed by atoms with van der Waals surface area (Å²) in [7, 11) is 1.62. The van der Waals surface area contributed by atoms with E-state index < -0.39 is 11.7 Å². The Hall–Kier alpha value is -3.68. The molecule has 3 heterocycles. The SMILES string of the molecule is COc1ccc2cc3[n+](cc2c1OCCNC(=O)OC(C)(C)C)CCc1cc2c(cc1-3)OCO2. The monoisotopic (exact) mass is 465 g/mol. The van der Waals surface area contributed by atoms with Crippen LogP contribution in [0.3, 0.4) is 0 Å². The van der Waals surface area contributed by atoms with Crippen molar-refractivity contribution in [1.82, 2.24) is 5.32 Å². The fraction of sp³-hybridized carbons (Fsp3) is 0.385. The molecule has 8 heteroatoms. The number of pyridine rings is 1. The third-order valence-electron chi connectivity index (χ3n) is 5.81. The summed E-state index contributed by atoms with van der Waals surface area (Å²) >= 11 is 0. The van der Waals surface area contributed by atoms with Crippen LogP contribution in [0.5, 0.6) is 23.0 Å². The van der Waals surface area contributed by atoms with Gasteiger partial charge >= 0.3 is 6.09 Å². The first-order valence-electron chi connectivity index (χ1n) is 11.4. The first kappa shape index (κ1) is 22.1. The molecule has 0 atom stereocenters. The van der Waals surface area contributed by atoms with Crippen molar-refractivity contribution >= 4 is 16.9 Å². The molecule has 0 saturated heterocycles. The van der Waals surface area contributed by atoms with Gasteiger partial charge in [-0.05, 0) is 56.0 Å². The zero-order valence-corrected chi connectivity index (χ0v) is 19.9. The summed E-state index contributed by atoms with van der Waals surface area (Å²) in [5.74, 6) is 2.89. The van der Waals surface area contributed by atoms with Gasteiger partial charge in [0.15, 0.2) is 35.7 Å². The lowest BCUT2D eigenvalue weighted by molar-refractivity contribution is -0.686. The number of aryl methyl sites for hydroxylation is 2. The molecule has 2 aliphatic heterocycles. The maximum Gasteiger partial charge on any atom is 0.407 e. The number of carbonyl (C=O) groups excluding carboxylic acids is 1. The molecule has 1 N–H and O–H groups in total. The minimum atomic E-state index is -0.544. The minimum Gasteiger partial charge on any atom is -0.493 e. The van der Waals surface area contributed by atoms with Gasteiger partial charge in [-0.3, -0.25) is 0 Å². The van der Waals surface area contributed by atoms with Crippen LogP contribution in [0.15, 0.2) is 36.5 Å². The van der Waals surface area contributed by atoms with Gasteiger partial charge in [0, 0.05) is 12.5 Å². The molecule has 0 fully saturated rings. The Morgan fingerprint density at radius 3 is 2.71 bits per heavy atom. The number of carbonyl (C=O) groups is 1. The number of aromatic nitrogens is 1. The Labute approximate surface area is 198 Å². The van der Waals surface area contributed by atoms with E-state index in [1.54, 1.807) is 7.11 Å². The lowest BCUT2D eigenvalue weighted by Crippen LogP contribution is -2.40. The number of nitrogens with one attached hydrogen (secondary N) is 1. The van der Waals surface area contributed by atoms with E-state index in [2.05, 4.69) is 34.3 Å². The van der Waals surface area contributed by atoms with Crippen molar-refractivity contribution in [2.24, 2.45) is 0 Å². The summed E-state index contributed by atoms with van der Waals surface area (Å²) < 4.78 is 30.3. The van der Waals surface area contributed by atoms with E-state index in [1.165, 1.54) is 5.56 Å². The maximum absolute atomic E-state index is 11.9. The average Bonchev–Trinajstić information content (AvgIpc) is 3.25. The Balaban J connectivity index is 1.42. The van der Waals surface area contributed by atoms with Gasteiger partial charge in [0.05, 0.1) is 24.6 Å². The number of ether oxygens (including phenoxy) is 5. The summed E-state index contributed by atoms with van der Waals surface area (Å²) in [6.07, 6.45) is 2.54. The molecule has 0 spiro atoms. The molecular formula is C26H29N2O6+. The van der Waals surface area contributed by atoms with E-state index in [-0.39, 0.29) is 13.4 Å². The predicted molar refractivity (Wildman–Crippen MR) is 126 cm³/mol. The minimum absolute atomic E-state index is 0.263. The second-order valence-corrected chi connectivity index (χ2v) is 9.34. The van der Waals surface area contributed by atoms with E-state index in [9.17, 15) is 4.79 Å². The van der Waals surface area contributed by atoms with Crippen LogP contribution >= 0.6 is 0 Å². The summed E-state index contributed by atoms with van der Waals surface area (Å²) in [6.45, 7) is 7.18. The Kier molecular flexibility index (Phi) is 5.59. The number of rotatable bonds is 5. The highest BCUT2D eigenvalue weighted by Gasteiger charge is 2.28. The molecule has 0 unspecified atom stereocenters. The van der Waals surface area contributed by atoms with Crippen LogP contribution in [0.1, 0.15) is 26.3 Å². The van der Waals surface area contributed by atoms with Gasteiger partial charge in [-0.2, -0.15) is 4.57 Å². The van der Waals surface area contributed by atoms with Gasteiger partial charge in [-0.15, -0.1) is 0 Å². The lowest BCUT2D eigenvalue weighted by atomic mass is 9.95. The summed E-state index contributed by atoms with van der Waals surface area (Å²) in [6, 6.07) is 10.3. The van der Waals surface area contributed by atoms with Gasteiger partial charge in [-0.1, -0.05) is 0 Å². The molecule has 3 aromatic rings. The molecule has 5 rings (SSSR count). The van der Waals surface area contributed by atoms with E-state index in [0.717, 1.165) is 46.5 Å². The average molecular weight is 466 g/mol. The number of amides is 1. The van der Waals surface area contributed by atoms with E-state index in [0.29, 0.717) is 18.0 Å². The van der Waals surface area contributed by atoms with Crippen molar-refractivity contribution in [1.29, 1.82) is 0 Å². The fourth-order valence-corrected chi connectivity index (χ4v) is 4.33. The zero-order chi connectivity index (χ0) is 23.9. The molecule has 0 aliphatic carbocycles. The highest BCUT2D eigenvalue weighted by Crippen LogP contribution is 2.41. The summed E-state index contributed by atoms with van der Waals surface area (Å²) in [4.78, 5) is 11.9. The maximum atomic E-state index is 11.9. The number of hydrogen-bond acceptors (Lipinski definition) is 6. The van der Waals surface area contributed by atoms with Gasteiger partial charge in [0.25, 0.3) is 0 Å². The molecule has 1 amide bonds. The van der Waals surface area contributed by atoms with Gasteiger partial charge in [0.2, 0.25) is 12.5 Å². The van der Waals surface area contributed by atoms with E-state index in [4.69, 9.17) is 23.7 Å². The molecule has 178 valence electrons. The van der Waals surface area contributed by atoms with Crippen LogP contribution in [0.2, 0.25) is 0 Å². The largest absolute Gasteiger partial charge is 0.493 e. The predicted octanol–water partition coefficient (Wildman–Crippen LogP) is 3.99. The highest BCUT2D eigenvalue weighted by atomic mass is 16.7. The molecule has 0 radical (unpaired) electrons. The van der Waals surface area contributed by atoms with Crippen molar-refractivity contribution in [3.8, 4) is 34.3 Å². The van der Waals surface area contributed by atoms with Crippen molar-refractivity contribution in [3.05, 3.63) is 42.1 Å². The Morgan fingerprint density at radius 2 is 1.94 bits per heavy atom. The molecule has 0 saturated carbocycles. The second-order valence-electron chi connectivity index (χ2n) is 9.34. The highest BCUT2D eigenvalue weighted by molar-refractivity contribution is 5.91.